The summed E-state index contributed by atoms with van der Waals surface area (Å²) in [7, 11) is 0. The molecular formula is C18H19FN4OS2. The Kier molecular flexibility index (Phi) is 6.05. The van der Waals surface area contributed by atoms with E-state index < -0.39 is 0 Å². The minimum absolute atomic E-state index is 0.114. The van der Waals surface area contributed by atoms with Crippen molar-refractivity contribution in [3.05, 3.63) is 63.9 Å². The monoisotopic (exact) mass is 390 g/mol. The zero-order chi connectivity index (χ0) is 18.5. The zero-order valence-corrected chi connectivity index (χ0v) is 16.0. The van der Waals surface area contributed by atoms with E-state index in [2.05, 4.69) is 20.5 Å². The van der Waals surface area contributed by atoms with Crippen molar-refractivity contribution >= 4 is 29.0 Å². The molecule has 0 saturated heterocycles. The number of nitrogens with one attached hydrogen (secondary N) is 2. The van der Waals surface area contributed by atoms with Crippen molar-refractivity contribution in [3.63, 3.8) is 0 Å². The predicted molar refractivity (Wildman–Crippen MR) is 102 cm³/mol. The number of thiophene rings is 1. The first-order valence-electron chi connectivity index (χ1n) is 8.17. The van der Waals surface area contributed by atoms with Crippen LogP contribution in [-0.4, -0.2) is 26.3 Å². The van der Waals surface area contributed by atoms with Gasteiger partial charge in [0.15, 0.2) is 0 Å². The van der Waals surface area contributed by atoms with Gasteiger partial charge in [-0.15, -0.1) is 16.4 Å². The molecule has 2 N–H and O–H groups in total. The number of halogens is 1. The fourth-order valence-electron chi connectivity index (χ4n) is 2.36. The number of carbonyl (C=O) groups is 1. The summed E-state index contributed by atoms with van der Waals surface area (Å²) in [6.45, 7) is 3.68. The maximum absolute atomic E-state index is 13.0. The number of nitrogens with zero attached hydrogens (tertiary/aromatic N) is 2. The number of carbonyl (C=O) groups excluding carboxylic acids is 1. The molecule has 2 atom stereocenters. The number of hydrogen-bond acceptors (Lipinski definition) is 5. The molecule has 5 nitrogen and oxygen atoms in total. The lowest BCUT2D eigenvalue weighted by Crippen LogP contribution is -2.33. The van der Waals surface area contributed by atoms with Crippen LogP contribution in [0.5, 0.6) is 0 Å². The molecule has 2 aromatic heterocycles. The van der Waals surface area contributed by atoms with Gasteiger partial charge in [-0.2, -0.15) is 0 Å². The van der Waals surface area contributed by atoms with Crippen LogP contribution in [0.2, 0.25) is 0 Å². The molecule has 3 rings (SSSR count). The van der Waals surface area contributed by atoms with Crippen molar-refractivity contribution in [3.8, 4) is 0 Å². The average molecular weight is 391 g/mol. The molecule has 0 aliphatic rings. The number of aromatic nitrogens is 3. The number of aromatic amines is 1. The molecule has 1 aromatic carbocycles. The number of benzene rings is 1. The van der Waals surface area contributed by atoms with Gasteiger partial charge in [0.25, 0.3) is 0 Å². The number of H-pyrrole nitrogens is 1. The topological polar surface area (TPSA) is 70.7 Å². The molecule has 0 spiro atoms. The quantitative estimate of drug-likeness (QED) is 0.599. The van der Waals surface area contributed by atoms with E-state index in [0.29, 0.717) is 11.6 Å². The largest absolute Gasteiger partial charge is 0.349 e. The fraction of sp³-hybridized carbons (Fsp3) is 0.278. The second-order valence-corrected chi connectivity index (χ2v) is 8.20. The second-order valence-electron chi connectivity index (χ2n) is 5.86. The lowest BCUT2D eigenvalue weighted by Gasteiger charge is -2.17. The summed E-state index contributed by atoms with van der Waals surface area (Å²) in [4.78, 5) is 18.0. The SMILES string of the molecule is CC(Sc1n[nH]c(Cc2cccs2)n1)C(=O)NC(C)c1ccc(F)cc1. The van der Waals surface area contributed by atoms with Crippen molar-refractivity contribution in [1.29, 1.82) is 0 Å². The molecule has 0 aliphatic heterocycles. The van der Waals surface area contributed by atoms with Gasteiger partial charge in [0.2, 0.25) is 11.1 Å². The van der Waals surface area contributed by atoms with Gasteiger partial charge in [0.1, 0.15) is 11.6 Å². The molecule has 136 valence electrons. The van der Waals surface area contributed by atoms with E-state index in [1.165, 1.54) is 28.8 Å². The molecule has 0 saturated carbocycles. The third-order valence-electron chi connectivity index (χ3n) is 3.81. The van der Waals surface area contributed by atoms with E-state index in [0.717, 1.165) is 11.4 Å². The van der Waals surface area contributed by atoms with Gasteiger partial charge >= 0.3 is 0 Å². The summed E-state index contributed by atoms with van der Waals surface area (Å²) in [6.07, 6.45) is 0.702. The standard InChI is InChI=1S/C18H19FN4OS2/c1-11(13-5-7-14(19)8-6-13)20-17(24)12(2)26-18-21-16(22-23-18)10-15-4-3-9-25-15/h3-9,11-12H,10H2,1-2H3,(H,20,24)(H,21,22,23). The second kappa shape index (κ2) is 8.46. The Labute approximate surface area is 159 Å². The lowest BCUT2D eigenvalue weighted by atomic mass is 10.1. The van der Waals surface area contributed by atoms with Gasteiger partial charge in [0, 0.05) is 11.3 Å². The van der Waals surface area contributed by atoms with Crippen LogP contribution in [-0.2, 0) is 11.2 Å². The molecule has 2 heterocycles. The third kappa shape index (κ3) is 4.92. The Balaban J connectivity index is 1.54. The Morgan fingerprint density at radius 2 is 2.08 bits per heavy atom. The van der Waals surface area contributed by atoms with E-state index in [4.69, 9.17) is 0 Å². The first kappa shape index (κ1) is 18.6. The van der Waals surface area contributed by atoms with Gasteiger partial charge in [-0.3, -0.25) is 9.89 Å². The summed E-state index contributed by atoms with van der Waals surface area (Å²) in [5.74, 6) is 0.373. The lowest BCUT2D eigenvalue weighted by molar-refractivity contribution is -0.120. The summed E-state index contributed by atoms with van der Waals surface area (Å²) < 4.78 is 13.0. The number of hydrogen-bond donors (Lipinski definition) is 2. The van der Waals surface area contributed by atoms with E-state index in [1.54, 1.807) is 23.5 Å². The number of thioether (sulfide) groups is 1. The molecule has 2 unspecified atom stereocenters. The molecule has 0 aliphatic carbocycles. The van der Waals surface area contributed by atoms with Crippen LogP contribution in [0.15, 0.2) is 46.9 Å². The Bertz CT molecular complexity index is 848. The summed E-state index contributed by atoms with van der Waals surface area (Å²) in [6, 6.07) is 9.97. The van der Waals surface area contributed by atoms with E-state index in [-0.39, 0.29) is 23.0 Å². The average Bonchev–Trinajstić information content (AvgIpc) is 3.28. The zero-order valence-electron chi connectivity index (χ0n) is 14.4. The Hall–Kier alpha value is -2.19. The fourth-order valence-corrected chi connectivity index (χ4v) is 3.83. The van der Waals surface area contributed by atoms with Gasteiger partial charge in [0.05, 0.1) is 11.3 Å². The molecule has 0 fully saturated rings. The van der Waals surface area contributed by atoms with Gasteiger partial charge in [-0.05, 0) is 43.0 Å². The summed E-state index contributed by atoms with van der Waals surface area (Å²) >= 11 is 2.97. The Morgan fingerprint density at radius 1 is 1.31 bits per heavy atom. The van der Waals surface area contributed by atoms with Gasteiger partial charge in [-0.25, -0.2) is 9.37 Å². The van der Waals surface area contributed by atoms with Crippen molar-refractivity contribution in [2.24, 2.45) is 0 Å². The highest BCUT2D eigenvalue weighted by atomic mass is 32.2. The van der Waals surface area contributed by atoms with E-state index in [1.807, 2.05) is 31.4 Å². The first-order valence-corrected chi connectivity index (χ1v) is 9.93. The van der Waals surface area contributed by atoms with Crippen LogP contribution in [0.3, 0.4) is 0 Å². The van der Waals surface area contributed by atoms with Crippen LogP contribution < -0.4 is 5.32 Å². The predicted octanol–water partition coefficient (Wildman–Crippen LogP) is 3.95. The van der Waals surface area contributed by atoms with Crippen molar-refractivity contribution in [2.75, 3.05) is 0 Å². The minimum atomic E-state index is -0.344. The van der Waals surface area contributed by atoms with Crippen LogP contribution in [0, 0.1) is 5.82 Å². The van der Waals surface area contributed by atoms with Crippen LogP contribution in [0.1, 0.15) is 36.2 Å². The summed E-state index contributed by atoms with van der Waals surface area (Å²) in [5.41, 5.74) is 0.855. The van der Waals surface area contributed by atoms with Crippen molar-refractivity contribution in [1.82, 2.24) is 20.5 Å². The number of amides is 1. The molecule has 26 heavy (non-hydrogen) atoms. The van der Waals surface area contributed by atoms with Crippen LogP contribution in [0.4, 0.5) is 4.39 Å². The highest BCUT2D eigenvalue weighted by Gasteiger charge is 2.19. The summed E-state index contributed by atoms with van der Waals surface area (Å²) in [5, 5.41) is 12.3. The van der Waals surface area contributed by atoms with E-state index >= 15 is 0 Å². The molecule has 0 radical (unpaired) electrons. The molecule has 3 aromatic rings. The maximum Gasteiger partial charge on any atom is 0.233 e. The third-order valence-corrected chi connectivity index (χ3v) is 5.65. The van der Waals surface area contributed by atoms with Crippen molar-refractivity contribution in [2.45, 2.75) is 36.7 Å². The highest BCUT2D eigenvalue weighted by Crippen LogP contribution is 2.22. The van der Waals surface area contributed by atoms with Crippen LogP contribution >= 0.6 is 23.1 Å². The first-order chi connectivity index (χ1) is 12.5. The van der Waals surface area contributed by atoms with Crippen LogP contribution in [0.25, 0.3) is 0 Å². The number of rotatable bonds is 7. The molecular weight excluding hydrogens is 371 g/mol. The van der Waals surface area contributed by atoms with E-state index in [9.17, 15) is 9.18 Å². The minimum Gasteiger partial charge on any atom is -0.349 e. The Morgan fingerprint density at radius 3 is 2.77 bits per heavy atom. The highest BCUT2D eigenvalue weighted by molar-refractivity contribution is 8.00. The van der Waals surface area contributed by atoms with Gasteiger partial charge < -0.3 is 5.32 Å². The molecule has 8 heteroatoms. The van der Waals surface area contributed by atoms with Crippen molar-refractivity contribution < 1.29 is 9.18 Å². The molecule has 1 amide bonds. The smallest absolute Gasteiger partial charge is 0.233 e. The molecule has 0 bridgehead atoms. The van der Waals surface area contributed by atoms with Gasteiger partial charge in [-0.1, -0.05) is 30.0 Å². The maximum atomic E-state index is 13.0. The normalized spacial score (nSPS) is 13.3.